The second-order valence-corrected chi connectivity index (χ2v) is 4.29. The molecule has 0 atom stereocenters. The van der Waals surface area contributed by atoms with Crippen molar-refractivity contribution in [2.75, 3.05) is 25.1 Å². The molecule has 1 N–H and O–H groups in total. The molecule has 98 valence electrons. The number of hydrogen-bond donors (Lipinski definition) is 1. The van der Waals surface area contributed by atoms with Crippen LogP contribution in [0, 0.1) is 6.92 Å². The molecule has 4 heteroatoms. The van der Waals surface area contributed by atoms with E-state index < -0.39 is 0 Å². The molecule has 0 aliphatic heterocycles. The maximum Gasteiger partial charge on any atom is 0.203 e. The number of rotatable bonds is 9. The second kappa shape index (κ2) is 8.12. The monoisotopic (exact) mass is 239 g/mol. The third-order valence-corrected chi connectivity index (χ3v) is 2.47. The number of nitrogens with zero attached hydrogens (tertiary/aromatic N) is 2. The Labute approximate surface area is 104 Å². The van der Waals surface area contributed by atoms with E-state index in [2.05, 4.69) is 34.9 Å². The predicted molar refractivity (Wildman–Crippen MR) is 71.5 cm³/mol. The average molecular weight is 239 g/mol. The predicted octanol–water partition coefficient (Wildman–Crippen LogP) is 2.83. The van der Waals surface area contributed by atoms with Crippen LogP contribution in [0.3, 0.4) is 0 Å². The normalized spacial score (nSPS) is 10.8. The van der Waals surface area contributed by atoms with Crippen LogP contribution in [0.1, 0.15) is 38.8 Å². The molecule has 0 saturated carbocycles. The number of ether oxygens (including phenoxy) is 1. The number of aromatic nitrogens is 2. The molecule has 0 bridgehead atoms. The molecule has 4 nitrogen and oxygen atoms in total. The van der Waals surface area contributed by atoms with Crippen molar-refractivity contribution >= 4 is 5.95 Å². The third kappa shape index (κ3) is 5.22. The van der Waals surface area contributed by atoms with Gasteiger partial charge in [-0.3, -0.25) is 0 Å². The molecule has 0 aliphatic carbocycles. The molecule has 0 aromatic carbocycles. The topological polar surface area (TPSA) is 39.1 Å². The van der Waals surface area contributed by atoms with Gasteiger partial charge in [0.1, 0.15) is 0 Å². The van der Waals surface area contributed by atoms with Crippen molar-refractivity contribution in [2.24, 2.45) is 0 Å². The molecule has 0 radical (unpaired) electrons. The zero-order chi connectivity index (χ0) is 12.5. The largest absolute Gasteiger partial charge is 0.381 e. The highest BCUT2D eigenvalue weighted by molar-refractivity contribution is 5.28. The van der Waals surface area contributed by atoms with Gasteiger partial charge in [-0.05, 0) is 26.2 Å². The summed E-state index contributed by atoms with van der Waals surface area (Å²) in [5.74, 6) is 0.986. The summed E-state index contributed by atoms with van der Waals surface area (Å²) in [5.41, 5.74) is 1.07. The molecular formula is C13H25N3O. The van der Waals surface area contributed by atoms with Gasteiger partial charge in [-0.25, -0.2) is 4.98 Å². The molecule has 1 heterocycles. The van der Waals surface area contributed by atoms with Crippen molar-refractivity contribution in [1.29, 1.82) is 0 Å². The summed E-state index contributed by atoms with van der Waals surface area (Å²) in [4.78, 5) is 4.47. The Kier molecular flexibility index (Phi) is 6.70. The van der Waals surface area contributed by atoms with Gasteiger partial charge >= 0.3 is 0 Å². The van der Waals surface area contributed by atoms with Gasteiger partial charge < -0.3 is 14.6 Å². The molecule has 0 aliphatic rings. The van der Waals surface area contributed by atoms with E-state index in [1.165, 1.54) is 0 Å². The molecule has 0 saturated heterocycles. The first kappa shape index (κ1) is 14.0. The number of nitrogens with one attached hydrogen (secondary N) is 1. The lowest BCUT2D eigenvalue weighted by atomic mass is 10.4. The molecule has 0 unspecified atom stereocenters. The van der Waals surface area contributed by atoms with E-state index in [1.807, 2.05) is 6.92 Å². The van der Waals surface area contributed by atoms with Crippen LogP contribution in [0.15, 0.2) is 6.20 Å². The average Bonchev–Trinajstić information content (AvgIpc) is 2.67. The lowest BCUT2D eigenvalue weighted by Crippen LogP contribution is -2.09. The molecule has 0 fully saturated rings. The van der Waals surface area contributed by atoms with Crippen LogP contribution in [0.25, 0.3) is 0 Å². The zero-order valence-corrected chi connectivity index (χ0v) is 11.3. The third-order valence-electron chi connectivity index (χ3n) is 2.47. The molecule has 1 aromatic heterocycles. The van der Waals surface area contributed by atoms with Gasteiger partial charge in [0, 0.05) is 32.5 Å². The first-order valence-corrected chi connectivity index (χ1v) is 6.63. The van der Waals surface area contributed by atoms with Crippen LogP contribution >= 0.6 is 0 Å². The summed E-state index contributed by atoms with van der Waals surface area (Å²) in [6.07, 6.45) is 5.34. The van der Waals surface area contributed by atoms with Gasteiger partial charge in [0.05, 0.1) is 5.69 Å². The van der Waals surface area contributed by atoms with Crippen LogP contribution in [0.2, 0.25) is 0 Å². The van der Waals surface area contributed by atoms with E-state index in [1.54, 1.807) is 0 Å². The van der Waals surface area contributed by atoms with Gasteiger partial charge in [-0.15, -0.1) is 0 Å². The van der Waals surface area contributed by atoms with Crippen molar-refractivity contribution in [3.63, 3.8) is 0 Å². The minimum atomic E-state index is 0.832. The van der Waals surface area contributed by atoms with E-state index in [0.717, 1.165) is 57.2 Å². The molecule has 1 rings (SSSR count). The Morgan fingerprint density at radius 3 is 2.82 bits per heavy atom. The summed E-state index contributed by atoms with van der Waals surface area (Å²) < 4.78 is 7.66. The maximum atomic E-state index is 5.48. The Morgan fingerprint density at radius 2 is 2.12 bits per heavy atom. The number of anilines is 1. The fraction of sp³-hybridized carbons (Fsp3) is 0.769. The first-order valence-electron chi connectivity index (χ1n) is 6.63. The second-order valence-electron chi connectivity index (χ2n) is 4.29. The molecule has 17 heavy (non-hydrogen) atoms. The quantitative estimate of drug-likeness (QED) is 0.673. The highest BCUT2D eigenvalue weighted by Crippen LogP contribution is 2.09. The van der Waals surface area contributed by atoms with Gasteiger partial charge in [0.25, 0.3) is 0 Å². The van der Waals surface area contributed by atoms with E-state index in [9.17, 15) is 0 Å². The highest BCUT2D eigenvalue weighted by atomic mass is 16.5. The summed E-state index contributed by atoms with van der Waals surface area (Å²) >= 11 is 0. The van der Waals surface area contributed by atoms with Crippen molar-refractivity contribution in [2.45, 2.75) is 46.6 Å². The summed E-state index contributed by atoms with van der Waals surface area (Å²) in [7, 11) is 0. The van der Waals surface area contributed by atoms with Crippen LogP contribution in [0.5, 0.6) is 0 Å². The zero-order valence-electron chi connectivity index (χ0n) is 11.3. The minimum Gasteiger partial charge on any atom is -0.381 e. The van der Waals surface area contributed by atoms with Crippen LogP contribution in [-0.2, 0) is 11.3 Å². The highest BCUT2D eigenvalue weighted by Gasteiger charge is 2.03. The maximum absolute atomic E-state index is 5.48. The fourth-order valence-electron chi connectivity index (χ4n) is 1.68. The standard InChI is InChI=1S/C13H25N3O/c1-4-7-14-13-15-12(3)11-16(13)8-6-10-17-9-5-2/h11H,4-10H2,1-3H3,(H,14,15). The summed E-state index contributed by atoms with van der Waals surface area (Å²) in [6, 6.07) is 0. The Bertz CT molecular complexity index is 310. The summed E-state index contributed by atoms with van der Waals surface area (Å²) in [5, 5.41) is 3.35. The van der Waals surface area contributed by atoms with Crippen molar-refractivity contribution in [1.82, 2.24) is 9.55 Å². The lowest BCUT2D eigenvalue weighted by Gasteiger charge is -2.09. The molecular weight excluding hydrogens is 214 g/mol. The number of aryl methyl sites for hydroxylation is 2. The Hall–Kier alpha value is -1.03. The van der Waals surface area contributed by atoms with Crippen LogP contribution in [-0.4, -0.2) is 29.3 Å². The lowest BCUT2D eigenvalue weighted by molar-refractivity contribution is 0.129. The van der Waals surface area contributed by atoms with Gasteiger partial charge in [0.15, 0.2) is 0 Å². The molecule has 0 amide bonds. The fourth-order valence-corrected chi connectivity index (χ4v) is 1.68. The van der Waals surface area contributed by atoms with Gasteiger partial charge in [0.2, 0.25) is 5.95 Å². The van der Waals surface area contributed by atoms with Gasteiger partial charge in [-0.1, -0.05) is 13.8 Å². The van der Waals surface area contributed by atoms with E-state index in [0.29, 0.717) is 0 Å². The van der Waals surface area contributed by atoms with Gasteiger partial charge in [-0.2, -0.15) is 0 Å². The SMILES string of the molecule is CCCNc1nc(C)cn1CCCOCCC. The van der Waals surface area contributed by atoms with E-state index in [4.69, 9.17) is 4.74 Å². The van der Waals surface area contributed by atoms with Crippen molar-refractivity contribution in [3.8, 4) is 0 Å². The number of hydrogen-bond acceptors (Lipinski definition) is 3. The first-order chi connectivity index (χ1) is 8.27. The van der Waals surface area contributed by atoms with E-state index >= 15 is 0 Å². The Morgan fingerprint density at radius 1 is 1.29 bits per heavy atom. The smallest absolute Gasteiger partial charge is 0.203 e. The molecule has 0 spiro atoms. The van der Waals surface area contributed by atoms with Crippen molar-refractivity contribution < 1.29 is 4.74 Å². The van der Waals surface area contributed by atoms with Crippen LogP contribution in [0.4, 0.5) is 5.95 Å². The Balaban J connectivity index is 2.35. The minimum absolute atomic E-state index is 0.832. The summed E-state index contributed by atoms with van der Waals surface area (Å²) in [6.45, 7) is 9.96. The van der Waals surface area contributed by atoms with E-state index in [-0.39, 0.29) is 0 Å². The van der Waals surface area contributed by atoms with Crippen LogP contribution < -0.4 is 5.32 Å². The molecule has 1 aromatic rings. The number of imidazole rings is 1. The van der Waals surface area contributed by atoms with Crippen molar-refractivity contribution in [3.05, 3.63) is 11.9 Å².